The fourth-order valence-corrected chi connectivity index (χ4v) is 1.64. The minimum Gasteiger partial charge on any atom is -0.298 e. The molecule has 0 bridgehead atoms. The Kier molecular flexibility index (Phi) is 3.15. The second-order valence-corrected chi connectivity index (χ2v) is 3.71. The Morgan fingerprint density at radius 2 is 2.00 bits per heavy atom. The van der Waals surface area contributed by atoms with Crippen LogP contribution in [0.4, 0.5) is 8.78 Å². The van der Waals surface area contributed by atoms with Crippen LogP contribution in [-0.4, -0.2) is 11.3 Å². The number of hydrogen-bond acceptors (Lipinski definition) is 2. The zero-order chi connectivity index (χ0) is 12.4. The third kappa shape index (κ3) is 2.31. The van der Waals surface area contributed by atoms with Gasteiger partial charge in [-0.2, -0.15) is 0 Å². The van der Waals surface area contributed by atoms with Gasteiger partial charge in [0.15, 0.2) is 11.6 Å². The Labute approximate surface area is 101 Å². The molecule has 0 aliphatic carbocycles. The summed E-state index contributed by atoms with van der Waals surface area (Å²) in [7, 11) is 0. The summed E-state index contributed by atoms with van der Waals surface area (Å²) in [5.41, 5.74) is 0.343. The molecule has 1 aromatic heterocycles. The van der Waals surface area contributed by atoms with Crippen molar-refractivity contribution in [1.82, 2.24) is 4.98 Å². The smallest absolute Gasteiger partial charge is 0.168 e. The molecule has 1 aromatic carbocycles. The molecule has 0 aliphatic heterocycles. The molecule has 2 aromatic rings. The predicted molar refractivity (Wildman–Crippen MR) is 60.0 cm³/mol. The van der Waals surface area contributed by atoms with Gasteiger partial charge in [-0.3, -0.25) is 4.79 Å². The van der Waals surface area contributed by atoms with E-state index < -0.39 is 11.6 Å². The molecule has 0 unspecified atom stereocenters. The number of pyridine rings is 1. The van der Waals surface area contributed by atoms with E-state index in [1.165, 1.54) is 24.3 Å². The van der Waals surface area contributed by atoms with Crippen molar-refractivity contribution in [2.24, 2.45) is 0 Å². The summed E-state index contributed by atoms with van der Waals surface area (Å²) in [5.74, 6) is -1.99. The van der Waals surface area contributed by atoms with E-state index in [1.807, 2.05) is 0 Å². The first-order valence-electron chi connectivity index (χ1n) is 4.69. The second-order valence-electron chi connectivity index (χ2n) is 3.33. The lowest BCUT2D eigenvalue weighted by Crippen LogP contribution is -1.93. The van der Waals surface area contributed by atoms with Gasteiger partial charge in [-0.25, -0.2) is 13.8 Å². The minimum atomic E-state index is -1.01. The van der Waals surface area contributed by atoms with Gasteiger partial charge in [-0.1, -0.05) is 17.7 Å². The summed E-state index contributed by atoms with van der Waals surface area (Å²) in [6.45, 7) is 0. The molecule has 0 saturated carbocycles. The number of halogens is 3. The third-order valence-electron chi connectivity index (χ3n) is 2.18. The fourth-order valence-electron chi connectivity index (χ4n) is 1.42. The number of aldehydes is 1. The van der Waals surface area contributed by atoms with Crippen molar-refractivity contribution in [1.29, 1.82) is 0 Å². The number of hydrogen-bond donors (Lipinski definition) is 0. The molecule has 0 amide bonds. The number of carbonyl (C=O) groups is 1. The van der Waals surface area contributed by atoms with Crippen LogP contribution in [0.5, 0.6) is 0 Å². The Morgan fingerprint density at radius 1 is 1.24 bits per heavy atom. The predicted octanol–water partition coefficient (Wildman–Crippen LogP) is 3.49. The molecule has 1 heterocycles. The summed E-state index contributed by atoms with van der Waals surface area (Å²) in [6.07, 6.45) is 0.564. The van der Waals surface area contributed by atoms with Crippen molar-refractivity contribution in [3.8, 4) is 11.3 Å². The number of aromatic nitrogens is 1. The average Bonchev–Trinajstić information content (AvgIpc) is 2.31. The number of nitrogens with zero attached hydrogens (tertiary/aromatic N) is 1. The highest BCUT2D eigenvalue weighted by Crippen LogP contribution is 2.24. The van der Waals surface area contributed by atoms with Crippen LogP contribution in [0.2, 0.25) is 5.15 Å². The van der Waals surface area contributed by atoms with E-state index in [0.717, 1.165) is 6.07 Å². The zero-order valence-electron chi connectivity index (χ0n) is 8.45. The van der Waals surface area contributed by atoms with Crippen LogP contribution in [0, 0.1) is 11.6 Å². The Balaban J connectivity index is 2.64. The maximum atomic E-state index is 13.5. The maximum absolute atomic E-state index is 13.5. The van der Waals surface area contributed by atoms with Crippen molar-refractivity contribution < 1.29 is 13.6 Å². The van der Waals surface area contributed by atoms with Crippen molar-refractivity contribution in [2.75, 3.05) is 0 Å². The second kappa shape index (κ2) is 4.59. The fraction of sp³-hybridized carbons (Fsp3) is 0. The third-order valence-corrected chi connectivity index (χ3v) is 2.37. The SMILES string of the molecule is O=Cc1cc(Cl)nc(-c2cccc(F)c2F)c1. The summed E-state index contributed by atoms with van der Waals surface area (Å²) >= 11 is 5.68. The topological polar surface area (TPSA) is 30.0 Å². The monoisotopic (exact) mass is 253 g/mol. The van der Waals surface area contributed by atoms with Crippen molar-refractivity contribution in [2.45, 2.75) is 0 Å². The van der Waals surface area contributed by atoms with E-state index in [-0.39, 0.29) is 22.0 Å². The number of carbonyl (C=O) groups excluding carboxylic acids is 1. The van der Waals surface area contributed by atoms with Crippen molar-refractivity contribution >= 4 is 17.9 Å². The summed E-state index contributed by atoms with van der Waals surface area (Å²) in [6, 6.07) is 6.42. The van der Waals surface area contributed by atoms with Gasteiger partial charge in [-0.05, 0) is 24.3 Å². The minimum absolute atomic E-state index is 0.0319. The van der Waals surface area contributed by atoms with Crippen LogP contribution in [0.25, 0.3) is 11.3 Å². The molecular weight excluding hydrogens is 248 g/mol. The standard InChI is InChI=1S/C12H6ClF2NO/c13-11-5-7(6-17)4-10(16-11)8-2-1-3-9(14)12(8)15/h1-6H. The van der Waals surface area contributed by atoms with E-state index in [0.29, 0.717) is 6.29 Å². The van der Waals surface area contributed by atoms with Gasteiger partial charge in [0.2, 0.25) is 0 Å². The van der Waals surface area contributed by atoms with Crippen LogP contribution >= 0.6 is 11.6 Å². The van der Waals surface area contributed by atoms with E-state index in [1.54, 1.807) is 0 Å². The molecular formula is C12H6ClF2NO. The van der Waals surface area contributed by atoms with E-state index >= 15 is 0 Å². The highest BCUT2D eigenvalue weighted by Gasteiger charge is 2.12. The van der Waals surface area contributed by atoms with Gasteiger partial charge in [0, 0.05) is 11.1 Å². The molecule has 0 atom stereocenters. The van der Waals surface area contributed by atoms with Crippen LogP contribution < -0.4 is 0 Å². The van der Waals surface area contributed by atoms with Gasteiger partial charge in [0.1, 0.15) is 11.4 Å². The lowest BCUT2D eigenvalue weighted by Gasteiger charge is -2.04. The normalized spacial score (nSPS) is 10.3. The summed E-state index contributed by atoms with van der Waals surface area (Å²) in [5, 5.41) is 0.0493. The van der Waals surface area contributed by atoms with Gasteiger partial charge >= 0.3 is 0 Å². The molecule has 2 rings (SSSR count). The average molecular weight is 254 g/mol. The lowest BCUT2D eigenvalue weighted by molar-refractivity contribution is 0.112. The summed E-state index contributed by atoms with van der Waals surface area (Å²) < 4.78 is 26.6. The van der Waals surface area contributed by atoms with E-state index in [2.05, 4.69) is 4.98 Å². The quantitative estimate of drug-likeness (QED) is 0.606. The maximum Gasteiger partial charge on any atom is 0.168 e. The first-order valence-corrected chi connectivity index (χ1v) is 5.07. The Morgan fingerprint density at radius 3 is 2.71 bits per heavy atom. The Hall–Kier alpha value is -1.81. The van der Waals surface area contributed by atoms with Crippen LogP contribution in [0.3, 0.4) is 0 Å². The molecule has 86 valence electrons. The largest absolute Gasteiger partial charge is 0.298 e. The van der Waals surface area contributed by atoms with Crippen LogP contribution in [0.1, 0.15) is 10.4 Å². The molecule has 0 spiro atoms. The molecule has 5 heteroatoms. The molecule has 17 heavy (non-hydrogen) atoms. The molecule has 2 nitrogen and oxygen atoms in total. The van der Waals surface area contributed by atoms with Crippen molar-refractivity contribution in [3.63, 3.8) is 0 Å². The zero-order valence-corrected chi connectivity index (χ0v) is 9.21. The molecule has 0 N–H and O–H groups in total. The first kappa shape index (κ1) is 11.7. The van der Waals surface area contributed by atoms with E-state index in [9.17, 15) is 13.6 Å². The number of benzene rings is 1. The van der Waals surface area contributed by atoms with Crippen molar-refractivity contribution in [3.05, 3.63) is 52.7 Å². The highest BCUT2D eigenvalue weighted by molar-refractivity contribution is 6.29. The van der Waals surface area contributed by atoms with Gasteiger partial charge in [0.05, 0.1) is 5.69 Å². The Bertz CT molecular complexity index is 587. The summed E-state index contributed by atoms with van der Waals surface area (Å²) in [4.78, 5) is 14.5. The molecule has 0 fully saturated rings. The molecule has 0 radical (unpaired) electrons. The highest BCUT2D eigenvalue weighted by atomic mass is 35.5. The van der Waals surface area contributed by atoms with Gasteiger partial charge in [-0.15, -0.1) is 0 Å². The number of rotatable bonds is 2. The van der Waals surface area contributed by atoms with Gasteiger partial charge in [0.25, 0.3) is 0 Å². The van der Waals surface area contributed by atoms with E-state index in [4.69, 9.17) is 11.6 Å². The lowest BCUT2D eigenvalue weighted by atomic mass is 10.1. The molecule has 0 saturated heterocycles. The van der Waals surface area contributed by atoms with Gasteiger partial charge < -0.3 is 0 Å². The molecule has 0 aliphatic rings. The van der Waals surface area contributed by atoms with Crippen LogP contribution in [-0.2, 0) is 0 Å². The van der Waals surface area contributed by atoms with Crippen LogP contribution in [0.15, 0.2) is 30.3 Å². The first-order chi connectivity index (χ1) is 8.11.